The maximum Gasteiger partial charge on any atom is 0.251 e. The molecule has 5 nitrogen and oxygen atoms in total. The number of hydrogen-bond donors (Lipinski definition) is 1. The minimum atomic E-state index is -1.34. The Morgan fingerprint density at radius 3 is 2.41 bits per heavy atom. The maximum absolute atomic E-state index is 13.3. The van der Waals surface area contributed by atoms with Crippen molar-refractivity contribution in [1.29, 1.82) is 0 Å². The number of aryl methyl sites for hydroxylation is 1. The summed E-state index contributed by atoms with van der Waals surface area (Å²) in [7, 11) is 0. The number of halogens is 1. The van der Waals surface area contributed by atoms with Crippen LogP contribution in [-0.4, -0.2) is 22.8 Å². The lowest BCUT2D eigenvalue weighted by Crippen LogP contribution is -2.42. The second-order valence-corrected chi connectivity index (χ2v) is 7.39. The van der Waals surface area contributed by atoms with Crippen molar-refractivity contribution < 1.29 is 14.0 Å². The zero-order valence-corrected chi connectivity index (χ0v) is 17.3. The molecule has 2 atom stereocenters. The van der Waals surface area contributed by atoms with Crippen molar-refractivity contribution in [2.75, 3.05) is 6.54 Å². The number of amides is 1. The molecule has 1 aromatic heterocycles. The summed E-state index contributed by atoms with van der Waals surface area (Å²) in [6.45, 7) is 6.42. The Hall–Kier alpha value is -2.76. The lowest BCUT2D eigenvalue weighted by atomic mass is 9.98. The summed E-state index contributed by atoms with van der Waals surface area (Å²) in [4.78, 5) is 38.5. The van der Waals surface area contributed by atoms with Crippen molar-refractivity contribution in [2.45, 2.75) is 52.5 Å². The number of nitrogens with zero attached hydrogens (tertiary/aromatic N) is 1. The molecule has 0 spiro atoms. The summed E-state index contributed by atoms with van der Waals surface area (Å²) < 4.78 is 14.4. The first-order valence-corrected chi connectivity index (χ1v) is 10.1. The molecule has 1 heterocycles. The van der Waals surface area contributed by atoms with E-state index in [4.69, 9.17) is 0 Å². The Balaban J connectivity index is 2.32. The fraction of sp³-hybridized carbons (Fsp3) is 0.435. The molecule has 0 unspecified atom stereocenters. The molecular weight excluding hydrogens is 371 g/mol. The number of nitrogens with one attached hydrogen (secondary N) is 1. The number of carbonyl (C=O) groups excluding carboxylic acids is 2. The van der Waals surface area contributed by atoms with Crippen LogP contribution in [0.2, 0.25) is 0 Å². The quantitative estimate of drug-likeness (QED) is 0.483. The number of ketones is 1. The molecule has 1 aromatic carbocycles. The lowest BCUT2D eigenvalue weighted by molar-refractivity contribution is -0.123. The van der Waals surface area contributed by atoms with E-state index in [1.54, 1.807) is 13.0 Å². The highest BCUT2D eigenvalue weighted by molar-refractivity contribution is 6.11. The van der Waals surface area contributed by atoms with E-state index in [-0.39, 0.29) is 5.56 Å². The standard InChI is InChI=1S/C23H29FN2O3/c1-4-6-7-17(5-2)14-25-23(29)21(26-15-16(3)8-13-20(26)27)22(28)18-9-11-19(24)12-10-18/h8-13,15,17,21H,4-7,14H2,1-3H3,(H,25,29)/t17-,21-/m0/s1. The van der Waals surface area contributed by atoms with E-state index in [0.29, 0.717) is 12.5 Å². The number of Topliss-reactive ketones (excluding diaryl/α,β-unsaturated/α-hetero) is 1. The van der Waals surface area contributed by atoms with Gasteiger partial charge in [-0.3, -0.25) is 19.0 Å². The number of hydrogen-bond acceptors (Lipinski definition) is 3. The SMILES string of the molecule is CCCC[C@H](CC)CNC(=O)[C@H](C(=O)c1ccc(F)cc1)n1cc(C)ccc1=O. The third-order valence-electron chi connectivity index (χ3n) is 5.10. The number of carbonyl (C=O) groups is 2. The predicted molar refractivity (Wildman–Crippen MR) is 112 cm³/mol. The van der Waals surface area contributed by atoms with E-state index in [2.05, 4.69) is 19.2 Å². The van der Waals surface area contributed by atoms with Crippen molar-refractivity contribution in [3.63, 3.8) is 0 Å². The molecular formula is C23H29FN2O3. The Labute approximate surface area is 170 Å². The van der Waals surface area contributed by atoms with Gasteiger partial charge in [0.25, 0.3) is 11.5 Å². The second-order valence-electron chi connectivity index (χ2n) is 7.39. The predicted octanol–water partition coefficient (Wildman–Crippen LogP) is 4.05. The number of pyridine rings is 1. The summed E-state index contributed by atoms with van der Waals surface area (Å²) in [5.74, 6) is -1.23. The smallest absolute Gasteiger partial charge is 0.251 e. The average molecular weight is 400 g/mol. The summed E-state index contributed by atoms with van der Waals surface area (Å²) in [5, 5.41) is 2.86. The number of unbranched alkanes of at least 4 members (excludes halogenated alkanes) is 1. The zero-order chi connectivity index (χ0) is 21.4. The molecule has 0 saturated heterocycles. The van der Waals surface area contributed by atoms with E-state index in [0.717, 1.165) is 35.8 Å². The van der Waals surface area contributed by atoms with Gasteiger partial charge in [0.15, 0.2) is 11.8 Å². The Bertz CT molecular complexity index is 890. The van der Waals surface area contributed by atoms with Gasteiger partial charge in [-0.25, -0.2) is 4.39 Å². The van der Waals surface area contributed by atoms with Gasteiger partial charge in [-0.1, -0.05) is 39.2 Å². The van der Waals surface area contributed by atoms with Crippen LogP contribution < -0.4 is 10.9 Å². The monoisotopic (exact) mass is 400 g/mol. The first-order valence-electron chi connectivity index (χ1n) is 10.1. The minimum absolute atomic E-state index is 0.179. The van der Waals surface area contributed by atoms with Crippen LogP contribution in [0, 0.1) is 18.7 Å². The van der Waals surface area contributed by atoms with Crippen LogP contribution in [0.15, 0.2) is 47.4 Å². The molecule has 1 N–H and O–H groups in total. The molecule has 0 aliphatic heterocycles. The molecule has 0 aliphatic rings. The van der Waals surface area contributed by atoms with E-state index in [1.165, 1.54) is 36.5 Å². The van der Waals surface area contributed by atoms with Crippen molar-refractivity contribution in [2.24, 2.45) is 5.92 Å². The van der Waals surface area contributed by atoms with Crippen LogP contribution in [0.1, 0.15) is 61.5 Å². The highest BCUT2D eigenvalue weighted by Crippen LogP contribution is 2.17. The van der Waals surface area contributed by atoms with Gasteiger partial charge in [0, 0.05) is 24.4 Å². The molecule has 2 aromatic rings. The van der Waals surface area contributed by atoms with E-state index in [9.17, 15) is 18.8 Å². The second kappa shape index (κ2) is 10.7. The molecule has 29 heavy (non-hydrogen) atoms. The molecule has 0 aliphatic carbocycles. The molecule has 0 fully saturated rings. The van der Waals surface area contributed by atoms with Gasteiger partial charge in [-0.15, -0.1) is 0 Å². The summed E-state index contributed by atoms with van der Waals surface area (Å²) in [5.41, 5.74) is 0.492. The van der Waals surface area contributed by atoms with Crippen molar-refractivity contribution in [3.05, 3.63) is 69.9 Å². The van der Waals surface area contributed by atoms with E-state index in [1.807, 2.05) is 0 Å². The molecule has 2 rings (SSSR count). The number of aromatic nitrogens is 1. The van der Waals surface area contributed by atoms with Crippen molar-refractivity contribution in [3.8, 4) is 0 Å². The molecule has 6 heteroatoms. The van der Waals surface area contributed by atoms with Crippen molar-refractivity contribution >= 4 is 11.7 Å². The number of rotatable bonds is 10. The van der Waals surface area contributed by atoms with Gasteiger partial charge < -0.3 is 5.32 Å². The van der Waals surface area contributed by atoms with Crippen LogP contribution in [0.25, 0.3) is 0 Å². The summed E-state index contributed by atoms with van der Waals surface area (Å²) in [6, 6.07) is 6.62. The fourth-order valence-electron chi connectivity index (χ4n) is 3.25. The number of benzene rings is 1. The van der Waals surface area contributed by atoms with Crippen LogP contribution >= 0.6 is 0 Å². The van der Waals surface area contributed by atoms with Gasteiger partial charge in [0.2, 0.25) is 0 Å². The Morgan fingerprint density at radius 1 is 1.10 bits per heavy atom. The molecule has 156 valence electrons. The fourth-order valence-corrected chi connectivity index (χ4v) is 3.25. The van der Waals surface area contributed by atoms with Gasteiger partial charge >= 0.3 is 0 Å². The third-order valence-corrected chi connectivity index (χ3v) is 5.10. The average Bonchev–Trinajstić information content (AvgIpc) is 2.71. The first kappa shape index (κ1) is 22.5. The lowest BCUT2D eigenvalue weighted by Gasteiger charge is -2.21. The molecule has 0 radical (unpaired) electrons. The minimum Gasteiger partial charge on any atom is -0.354 e. The van der Waals surface area contributed by atoms with Gasteiger partial charge in [0.1, 0.15) is 5.82 Å². The largest absolute Gasteiger partial charge is 0.354 e. The summed E-state index contributed by atoms with van der Waals surface area (Å²) >= 11 is 0. The van der Waals surface area contributed by atoms with Crippen molar-refractivity contribution in [1.82, 2.24) is 9.88 Å². The van der Waals surface area contributed by atoms with Gasteiger partial charge in [-0.05, 0) is 49.1 Å². The van der Waals surface area contributed by atoms with E-state index < -0.39 is 29.1 Å². The highest BCUT2D eigenvalue weighted by Gasteiger charge is 2.30. The van der Waals surface area contributed by atoms with Gasteiger partial charge in [0.05, 0.1) is 0 Å². The van der Waals surface area contributed by atoms with Gasteiger partial charge in [-0.2, -0.15) is 0 Å². The normalized spacial score (nSPS) is 13.0. The van der Waals surface area contributed by atoms with Crippen LogP contribution in [0.3, 0.4) is 0 Å². The Kier molecular flexibility index (Phi) is 8.31. The van der Waals surface area contributed by atoms with Crippen LogP contribution in [-0.2, 0) is 4.79 Å². The topological polar surface area (TPSA) is 68.2 Å². The Morgan fingerprint density at radius 2 is 1.79 bits per heavy atom. The highest BCUT2D eigenvalue weighted by atomic mass is 19.1. The first-order chi connectivity index (χ1) is 13.9. The summed E-state index contributed by atoms with van der Waals surface area (Å²) in [6.07, 6.45) is 5.57. The third kappa shape index (κ3) is 6.11. The van der Waals surface area contributed by atoms with E-state index >= 15 is 0 Å². The maximum atomic E-state index is 13.3. The molecule has 0 saturated carbocycles. The van der Waals surface area contributed by atoms with Crippen LogP contribution in [0.4, 0.5) is 4.39 Å². The molecule has 1 amide bonds. The molecule has 0 bridgehead atoms. The zero-order valence-electron chi connectivity index (χ0n) is 17.3. The van der Waals surface area contributed by atoms with Crippen LogP contribution in [0.5, 0.6) is 0 Å².